The number of halogens is 2. The van der Waals surface area contributed by atoms with Crippen molar-refractivity contribution in [1.29, 1.82) is 0 Å². The van der Waals surface area contributed by atoms with E-state index in [1.54, 1.807) is 18.2 Å². The number of fused-ring (bicyclic) bond motifs is 1. The van der Waals surface area contributed by atoms with Crippen LogP contribution in [0.2, 0.25) is 0 Å². The van der Waals surface area contributed by atoms with E-state index in [1.165, 1.54) is 49.7 Å². The maximum absolute atomic E-state index is 15.1. The van der Waals surface area contributed by atoms with Crippen LogP contribution in [0.1, 0.15) is 25.7 Å². The largest absolute Gasteiger partial charge is 1.00 e. The van der Waals surface area contributed by atoms with Gasteiger partial charge in [-0.15, -0.1) is 0 Å². The number of ether oxygens (including phenoxy) is 3. The number of pyridine rings is 1. The monoisotopic (exact) mass is 613 g/mol. The van der Waals surface area contributed by atoms with Crippen LogP contribution in [-0.2, 0) is 14.4 Å². The average Bonchev–Trinajstić information content (AvgIpc) is 3.80. The first kappa shape index (κ1) is 32.6. The van der Waals surface area contributed by atoms with Crippen LogP contribution in [0.25, 0.3) is 10.9 Å². The Hall–Kier alpha value is -4.26. The van der Waals surface area contributed by atoms with Gasteiger partial charge in [-0.25, -0.2) is 8.78 Å². The van der Waals surface area contributed by atoms with Gasteiger partial charge >= 0.3 is 29.6 Å². The standard InChI is InChI=1S/C31H27F2N3O7.Na/c1-41-26-16-21-23(17-27(26)42-14-2-3-28(37)38)34-13-10-24(21)43-25-9-8-20(15-22(25)33)36-30(40)31(11-12-31)29(39)35-19-6-4-18(32)5-7-19;/h4-10,13,15-17H,2-3,11-12,14H2,1H3,(H,35,39)(H,36,40)(H,37,38);/q;+1/p-1. The van der Waals surface area contributed by atoms with Gasteiger partial charge in [0, 0.05) is 41.1 Å². The van der Waals surface area contributed by atoms with Gasteiger partial charge in [-0.3, -0.25) is 14.6 Å². The number of carbonyl (C=O) groups excluding carboxylic acids is 3. The zero-order valence-corrected chi connectivity index (χ0v) is 25.9. The van der Waals surface area contributed by atoms with E-state index in [-0.39, 0.29) is 66.2 Å². The van der Waals surface area contributed by atoms with Crippen LogP contribution in [0.5, 0.6) is 23.0 Å². The van der Waals surface area contributed by atoms with Crippen molar-refractivity contribution in [3.63, 3.8) is 0 Å². The second kappa shape index (κ2) is 14.0. The molecule has 3 aromatic carbocycles. The molecule has 2 amide bonds. The van der Waals surface area contributed by atoms with Crippen molar-refractivity contribution >= 4 is 40.1 Å². The summed E-state index contributed by atoms with van der Waals surface area (Å²) >= 11 is 0. The molecular formula is C31H26F2N3NaO7. The third kappa shape index (κ3) is 7.44. The first-order valence-electron chi connectivity index (χ1n) is 13.3. The van der Waals surface area contributed by atoms with Crippen molar-refractivity contribution in [3.05, 3.63) is 78.5 Å². The summed E-state index contributed by atoms with van der Waals surface area (Å²) in [6.45, 7) is 0.125. The van der Waals surface area contributed by atoms with Gasteiger partial charge in [-0.1, -0.05) is 0 Å². The van der Waals surface area contributed by atoms with Crippen molar-refractivity contribution in [3.8, 4) is 23.0 Å². The van der Waals surface area contributed by atoms with E-state index in [4.69, 9.17) is 14.2 Å². The molecule has 222 valence electrons. The summed E-state index contributed by atoms with van der Waals surface area (Å²) in [7, 11) is 1.44. The second-order valence-electron chi connectivity index (χ2n) is 9.90. The molecule has 1 heterocycles. The van der Waals surface area contributed by atoms with Crippen LogP contribution in [0, 0.1) is 17.0 Å². The third-order valence-corrected chi connectivity index (χ3v) is 6.90. The molecule has 1 fully saturated rings. The molecule has 0 spiro atoms. The Bertz CT molecular complexity index is 1700. The Kier molecular flexibility index (Phi) is 10.4. The summed E-state index contributed by atoms with van der Waals surface area (Å²) in [5.41, 5.74) is -0.342. The molecule has 0 unspecified atom stereocenters. The maximum Gasteiger partial charge on any atom is 1.00 e. The van der Waals surface area contributed by atoms with Crippen molar-refractivity contribution in [1.82, 2.24) is 4.98 Å². The number of benzene rings is 3. The number of carboxylic acid groups (broad SMARTS) is 1. The number of aromatic nitrogens is 1. The summed E-state index contributed by atoms with van der Waals surface area (Å²) < 4.78 is 45.2. The van der Waals surface area contributed by atoms with E-state index < -0.39 is 34.8 Å². The first-order valence-corrected chi connectivity index (χ1v) is 13.3. The van der Waals surface area contributed by atoms with Gasteiger partial charge in [0.2, 0.25) is 11.8 Å². The maximum atomic E-state index is 15.1. The van der Waals surface area contributed by atoms with Crippen LogP contribution in [0.15, 0.2) is 66.9 Å². The van der Waals surface area contributed by atoms with Gasteiger partial charge < -0.3 is 34.7 Å². The normalized spacial score (nSPS) is 12.9. The van der Waals surface area contributed by atoms with E-state index in [2.05, 4.69) is 15.6 Å². The number of amides is 2. The fraction of sp³-hybridized carbons (Fsp3) is 0.226. The molecule has 0 aliphatic heterocycles. The van der Waals surface area contributed by atoms with Gasteiger partial charge in [-0.05, 0) is 74.2 Å². The van der Waals surface area contributed by atoms with Crippen molar-refractivity contribution in [2.75, 3.05) is 24.4 Å². The fourth-order valence-electron chi connectivity index (χ4n) is 4.39. The van der Waals surface area contributed by atoms with E-state index in [0.717, 1.165) is 6.07 Å². The topological polar surface area (TPSA) is 139 Å². The van der Waals surface area contributed by atoms with Crippen LogP contribution >= 0.6 is 0 Å². The van der Waals surface area contributed by atoms with E-state index in [9.17, 15) is 23.9 Å². The average molecular weight is 614 g/mol. The molecule has 2 N–H and O–H groups in total. The Morgan fingerprint density at radius 2 is 1.57 bits per heavy atom. The Morgan fingerprint density at radius 1 is 0.886 bits per heavy atom. The number of nitrogens with one attached hydrogen (secondary N) is 2. The number of methoxy groups -OCH3 is 1. The number of carboxylic acids is 1. The summed E-state index contributed by atoms with van der Waals surface area (Å²) in [6, 6.07) is 13.8. The Labute approximate surface area is 273 Å². The molecule has 0 radical (unpaired) electrons. The Morgan fingerprint density at radius 3 is 2.20 bits per heavy atom. The minimum atomic E-state index is -1.30. The Balaban J connectivity index is 0.00000442. The van der Waals surface area contributed by atoms with Crippen molar-refractivity contribution in [2.45, 2.75) is 25.7 Å². The number of aliphatic carboxylic acids is 1. The molecule has 44 heavy (non-hydrogen) atoms. The van der Waals surface area contributed by atoms with Crippen LogP contribution in [-0.4, -0.2) is 36.5 Å². The SMILES string of the molecule is COc1cc2c(Oc3ccc(NC(=O)C4(C(=O)Nc5ccc(F)cc5)CC4)cc3F)ccnc2cc1OCCCC(=O)[O-].[Na+]. The second-order valence-corrected chi connectivity index (χ2v) is 9.90. The molecule has 1 aliphatic rings. The van der Waals surface area contributed by atoms with E-state index in [0.29, 0.717) is 40.9 Å². The molecule has 0 saturated heterocycles. The summed E-state index contributed by atoms with van der Waals surface area (Å²) in [6.07, 6.45) is 2.22. The van der Waals surface area contributed by atoms with Gasteiger partial charge in [0.25, 0.3) is 0 Å². The molecule has 4 aromatic rings. The minimum absolute atomic E-state index is 0. The molecular weight excluding hydrogens is 587 g/mol. The molecule has 5 rings (SSSR count). The van der Waals surface area contributed by atoms with Gasteiger partial charge in [-0.2, -0.15) is 0 Å². The molecule has 13 heteroatoms. The van der Waals surface area contributed by atoms with Gasteiger partial charge in [0.1, 0.15) is 17.0 Å². The fourth-order valence-corrected chi connectivity index (χ4v) is 4.39. The van der Waals surface area contributed by atoms with Crippen molar-refractivity contribution in [2.24, 2.45) is 5.41 Å². The number of hydrogen-bond donors (Lipinski definition) is 2. The van der Waals surface area contributed by atoms with E-state index in [1.807, 2.05) is 0 Å². The number of anilines is 2. The van der Waals surface area contributed by atoms with Gasteiger partial charge in [0.15, 0.2) is 23.1 Å². The summed E-state index contributed by atoms with van der Waals surface area (Å²) in [4.78, 5) is 40.7. The van der Waals surface area contributed by atoms with Crippen molar-refractivity contribution < 1.29 is 72.0 Å². The zero-order chi connectivity index (χ0) is 30.6. The predicted octanol–water partition coefficient (Wildman–Crippen LogP) is 1.58. The number of carbonyl (C=O) groups is 3. The number of hydrogen-bond acceptors (Lipinski definition) is 8. The van der Waals surface area contributed by atoms with Crippen LogP contribution in [0.3, 0.4) is 0 Å². The number of rotatable bonds is 12. The molecule has 1 aliphatic carbocycles. The minimum Gasteiger partial charge on any atom is -0.550 e. The quantitative estimate of drug-likeness (QED) is 0.140. The molecule has 1 aromatic heterocycles. The number of nitrogens with zero attached hydrogens (tertiary/aromatic N) is 1. The first-order chi connectivity index (χ1) is 20.7. The molecule has 1 saturated carbocycles. The zero-order valence-electron chi connectivity index (χ0n) is 23.9. The van der Waals surface area contributed by atoms with Crippen LogP contribution in [0.4, 0.5) is 20.2 Å². The van der Waals surface area contributed by atoms with Crippen LogP contribution < -0.4 is 59.5 Å². The summed E-state index contributed by atoms with van der Waals surface area (Å²) in [5.74, 6) is -2.64. The smallest absolute Gasteiger partial charge is 0.550 e. The van der Waals surface area contributed by atoms with E-state index >= 15 is 4.39 Å². The van der Waals surface area contributed by atoms with Gasteiger partial charge in [0.05, 0.1) is 19.2 Å². The molecule has 0 atom stereocenters. The molecule has 10 nitrogen and oxygen atoms in total. The summed E-state index contributed by atoms with van der Waals surface area (Å²) in [5, 5.41) is 16.4. The molecule has 0 bridgehead atoms. The third-order valence-electron chi connectivity index (χ3n) is 6.90. The predicted molar refractivity (Wildman–Crippen MR) is 150 cm³/mol.